The molecule has 2 saturated heterocycles. The summed E-state index contributed by atoms with van der Waals surface area (Å²) in [6.07, 6.45) is 8.10. The molecule has 2 atom stereocenters. The number of carbonyl (C=O) groups is 1. The van der Waals surface area contributed by atoms with Crippen molar-refractivity contribution in [2.24, 2.45) is 5.92 Å². The second-order valence-electron chi connectivity index (χ2n) is 4.96. The van der Waals surface area contributed by atoms with Crippen LogP contribution >= 0.6 is 11.8 Å². The van der Waals surface area contributed by atoms with Crippen LogP contribution in [0.5, 0.6) is 0 Å². The van der Waals surface area contributed by atoms with E-state index in [1.165, 1.54) is 19.3 Å². The lowest BCUT2D eigenvalue weighted by atomic mass is 9.85. The minimum atomic E-state index is 0.315. The Morgan fingerprint density at radius 2 is 2.00 bits per heavy atom. The molecule has 0 aliphatic carbocycles. The lowest BCUT2D eigenvalue weighted by molar-refractivity contribution is -0.123. The molecule has 2 bridgehead atoms. The van der Waals surface area contributed by atoms with E-state index < -0.39 is 0 Å². The molecule has 2 aliphatic rings. The molecule has 0 spiro atoms. The molecule has 2 rings (SSSR count). The molecular weight excluding hydrogens is 218 g/mol. The van der Waals surface area contributed by atoms with Crippen LogP contribution in [-0.2, 0) is 4.79 Å². The van der Waals surface area contributed by atoms with Crippen molar-refractivity contribution in [3.63, 3.8) is 0 Å². The van der Waals surface area contributed by atoms with E-state index in [4.69, 9.17) is 5.26 Å². The third-order valence-corrected chi connectivity index (χ3v) is 5.33. The van der Waals surface area contributed by atoms with Crippen molar-refractivity contribution in [3.05, 3.63) is 0 Å². The van der Waals surface area contributed by atoms with Crippen molar-refractivity contribution in [1.82, 2.24) is 0 Å². The maximum atomic E-state index is 12.0. The summed E-state index contributed by atoms with van der Waals surface area (Å²) in [6, 6.07) is 2.11. The smallest absolute Gasteiger partial charge is 0.136 e. The number of hydrogen-bond acceptors (Lipinski definition) is 3. The Hall–Kier alpha value is -0.490. The first-order valence-electron chi connectivity index (χ1n) is 6.34. The van der Waals surface area contributed by atoms with Gasteiger partial charge in [0.2, 0.25) is 0 Å². The highest BCUT2D eigenvalue weighted by Crippen LogP contribution is 2.44. The molecule has 2 unspecified atom stereocenters. The van der Waals surface area contributed by atoms with Crippen LogP contribution in [0.2, 0.25) is 0 Å². The van der Waals surface area contributed by atoms with Gasteiger partial charge in [0.1, 0.15) is 5.78 Å². The average molecular weight is 237 g/mol. The van der Waals surface area contributed by atoms with Crippen LogP contribution < -0.4 is 0 Å². The zero-order valence-electron chi connectivity index (χ0n) is 9.65. The van der Waals surface area contributed by atoms with Gasteiger partial charge in [0.25, 0.3) is 0 Å². The minimum Gasteiger partial charge on any atom is -0.299 e. The molecule has 0 aromatic rings. The van der Waals surface area contributed by atoms with Gasteiger partial charge in [-0.3, -0.25) is 4.79 Å². The Morgan fingerprint density at radius 1 is 1.31 bits per heavy atom. The van der Waals surface area contributed by atoms with Gasteiger partial charge in [-0.1, -0.05) is 6.42 Å². The summed E-state index contributed by atoms with van der Waals surface area (Å²) < 4.78 is 0. The number of rotatable bonds is 4. The maximum Gasteiger partial charge on any atom is 0.136 e. The van der Waals surface area contributed by atoms with E-state index in [1.807, 2.05) is 0 Å². The topological polar surface area (TPSA) is 40.9 Å². The van der Waals surface area contributed by atoms with Gasteiger partial charge in [0.15, 0.2) is 0 Å². The maximum absolute atomic E-state index is 12.0. The highest BCUT2D eigenvalue weighted by atomic mass is 32.2. The second-order valence-corrected chi connectivity index (χ2v) is 6.56. The zero-order chi connectivity index (χ0) is 11.4. The van der Waals surface area contributed by atoms with E-state index in [0.29, 0.717) is 24.5 Å². The quantitative estimate of drug-likeness (QED) is 0.704. The van der Waals surface area contributed by atoms with Crippen molar-refractivity contribution in [1.29, 1.82) is 5.26 Å². The standard InChI is InChI=1S/C13H19NOS/c14-7-2-1-6-13(15)10-8-11-4-3-5-12(9-10)16-11/h10-12H,1-6,8-9H2. The van der Waals surface area contributed by atoms with Gasteiger partial charge in [0, 0.05) is 29.3 Å². The van der Waals surface area contributed by atoms with Crippen LogP contribution in [0, 0.1) is 17.2 Å². The summed E-state index contributed by atoms with van der Waals surface area (Å²) in [5.74, 6) is 0.739. The van der Waals surface area contributed by atoms with E-state index in [-0.39, 0.29) is 0 Å². The summed E-state index contributed by atoms with van der Waals surface area (Å²) in [5.41, 5.74) is 0. The normalized spacial score (nSPS) is 33.1. The number of nitriles is 1. The number of ketones is 1. The van der Waals surface area contributed by atoms with Gasteiger partial charge in [-0.25, -0.2) is 0 Å². The molecule has 0 amide bonds. The van der Waals surface area contributed by atoms with Crippen molar-refractivity contribution in [3.8, 4) is 6.07 Å². The van der Waals surface area contributed by atoms with E-state index in [1.54, 1.807) is 0 Å². The summed E-state index contributed by atoms with van der Waals surface area (Å²) in [5, 5.41) is 9.95. The van der Waals surface area contributed by atoms with E-state index in [2.05, 4.69) is 17.8 Å². The largest absolute Gasteiger partial charge is 0.299 e. The van der Waals surface area contributed by atoms with E-state index in [0.717, 1.165) is 29.8 Å². The van der Waals surface area contributed by atoms with E-state index >= 15 is 0 Å². The van der Waals surface area contributed by atoms with Crippen LogP contribution in [0.15, 0.2) is 0 Å². The van der Waals surface area contributed by atoms with Crippen LogP contribution in [-0.4, -0.2) is 16.3 Å². The first-order chi connectivity index (χ1) is 7.79. The Labute approximate surface area is 102 Å². The van der Waals surface area contributed by atoms with Gasteiger partial charge in [-0.05, 0) is 32.1 Å². The molecule has 0 aromatic carbocycles. The molecule has 16 heavy (non-hydrogen) atoms. The van der Waals surface area contributed by atoms with Gasteiger partial charge in [0.05, 0.1) is 6.07 Å². The fraction of sp³-hybridized carbons (Fsp3) is 0.846. The summed E-state index contributed by atoms with van der Waals surface area (Å²) in [7, 11) is 0. The van der Waals surface area contributed by atoms with Crippen molar-refractivity contribution >= 4 is 17.5 Å². The summed E-state index contributed by atoms with van der Waals surface area (Å²) in [4.78, 5) is 12.0. The van der Waals surface area contributed by atoms with E-state index in [9.17, 15) is 4.79 Å². The molecule has 88 valence electrons. The highest BCUT2D eigenvalue weighted by molar-refractivity contribution is 8.00. The zero-order valence-corrected chi connectivity index (χ0v) is 10.5. The monoisotopic (exact) mass is 237 g/mol. The lowest BCUT2D eigenvalue weighted by Gasteiger charge is -2.37. The van der Waals surface area contributed by atoms with Gasteiger partial charge in [-0.15, -0.1) is 0 Å². The number of fused-ring (bicyclic) bond motifs is 2. The van der Waals surface area contributed by atoms with Crippen LogP contribution in [0.25, 0.3) is 0 Å². The summed E-state index contributed by atoms with van der Waals surface area (Å²) in [6.45, 7) is 0. The first kappa shape index (κ1) is 12.0. The van der Waals surface area contributed by atoms with Gasteiger partial charge < -0.3 is 0 Å². The molecule has 2 aliphatic heterocycles. The van der Waals surface area contributed by atoms with Crippen LogP contribution in [0.1, 0.15) is 51.4 Å². The molecule has 2 fully saturated rings. The molecule has 0 radical (unpaired) electrons. The fourth-order valence-electron chi connectivity index (χ4n) is 2.87. The highest BCUT2D eigenvalue weighted by Gasteiger charge is 2.34. The number of thioether (sulfide) groups is 1. The second kappa shape index (κ2) is 5.72. The number of carbonyl (C=O) groups excluding carboxylic acids is 1. The fourth-order valence-corrected chi connectivity index (χ4v) is 4.70. The molecule has 0 aromatic heterocycles. The van der Waals surface area contributed by atoms with Crippen molar-refractivity contribution < 1.29 is 4.79 Å². The number of Topliss-reactive ketones (excluding diaryl/α,β-unsaturated/α-hetero) is 1. The molecular formula is C13H19NOS. The van der Waals surface area contributed by atoms with Gasteiger partial charge >= 0.3 is 0 Å². The summed E-state index contributed by atoms with van der Waals surface area (Å²) >= 11 is 2.12. The molecule has 2 nitrogen and oxygen atoms in total. The number of hydrogen-bond donors (Lipinski definition) is 0. The van der Waals surface area contributed by atoms with Crippen molar-refractivity contribution in [2.75, 3.05) is 0 Å². The molecule has 0 saturated carbocycles. The third-order valence-electron chi connectivity index (χ3n) is 3.70. The van der Waals surface area contributed by atoms with Crippen LogP contribution in [0.3, 0.4) is 0 Å². The molecule has 3 heteroatoms. The molecule has 2 heterocycles. The van der Waals surface area contributed by atoms with Crippen LogP contribution in [0.4, 0.5) is 0 Å². The Balaban J connectivity index is 1.81. The predicted octanol–water partition coefficient (Wildman–Crippen LogP) is 3.31. The third kappa shape index (κ3) is 3.01. The predicted molar refractivity (Wildman–Crippen MR) is 66.2 cm³/mol. The first-order valence-corrected chi connectivity index (χ1v) is 7.29. The lowest BCUT2D eigenvalue weighted by Crippen LogP contribution is -2.32. The Kier molecular flexibility index (Phi) is 4.29. The minimum absolute atomic E-state index is 0.315. The Bertz CT molecular complexity index is 285. The average Bonchev–Trinajstić information content (AvgIpc) is 2.28. The SMILES string of the molecule is N#CCCCC(=O)C1CC2CCCC(C1)S2. The molecule has 0 N–H and O–H groups in total. The van der Waals surface area contributed by atoms with Crippen molar-refractivity contribution in [2.45, 2.75) is 61.9 Å². The number of nitrogens with zero attached hydrogens (tertiary/aromatic N) is 1. The Morgan fingerprint density at radius 3 is 2.62 bits per heavy atom. The number of unbranched alkanes of at least 4 members (excludes halogenated alkanes) is 1. The van der Waals surface area contributed by atoms with Gasteiger partial charge in [-0.2, -0.15) is 17.0 Å².